The molecule has 0 radical (unpaired) electrons. The van der Waals surface area contributed by atoms with E-state index in [4.69, 9.17) is 16.3 Å². The van der Waals surface area contributed by atoms with E-state index in [9.17, 15) is 13.2 Å². The number of rotatable bonds is 0. The number of fused-ring (bicyclic) bond motifs is 5. The van der Waals surface area contributed by atoms with Crippen LogP contribution in [0.2, 0.25) is 0 Å². The number of halogens is 4. The van der Waals surface area contributed by atoms with Gasteiger partial charge in [-0.1, -0.05) is 36.9 Å². The number of nitrogens with one attached hydrogen (secondary N) is 3. The molecule has 2 aliphatic heterocycles. The maximum absolute atomic E-state index is 13.8. The summed E-state index contributed by atoms with van der Waals surface area (Å²) in [5, 5.41) is 7.67. The predicted molar refractivity (Wildman–Crippen MR) is 106 cm³/mol. The minimum absolute atomic E-state index is 0.0111. The summed E-state index contributed by atoms with van der Waals surface area (Å²) in [6, 6.07) is 7.07. The summed E-state index contributed by atoms with van der Waals surface area (Å²) in [6.45, 7) is 8.32. The lowest BCUT2D eigenvalue weighted by atomic mass is 9.99. The molecule has 3 heterocycles. The number of para-hydroxylation sites is 1. The van der Waals surface area contributed by atoms with Crippen LogP contribution >= 0.6 is 11.6 Å². The number of anilines is 2. The highest BCUT2D eigenvalue weighted by Gasteiger charge is 2.43. The molecule has 2 aliphatic rings. The van der Waals surface area contributed by atoms with Crippen LogP contribution in [0.1, 0.15) is 16.8 Å². The Hall–Kier alpha value is -3.20. The number of aromatic nitrogens is 2. The van der Waals surface area contributed by atoms with E-state index in [1.54, 1.807) is 24.3 Å². The lowest BCUT2D eigenvalue weighted by Gasteiger charge is -2.26. The van der Waals surface area contributed by atoms with Gasteiger partial charge in [0.05, 0.1) is 17.8 Å². The lowest BCUT2D eigenvalue weighted by molar-refractivity contribution is -0.0694. The van der Waals surface area contributed by atoms with Crippen molar-refractivity contribution >= 4 is 40.3 Å². The van der Waals surface area contributed by atoms with Gasteiger partial charge in [0.2, 0.25) is 5.95 Å². The van der Waals surface area contributed by atoms with E-state index in [0.29, 0.717) is 30.2 Å². The van der Waals surface area contributed by atoms with Gasteiger partial charge in [0.15, 0.2) is 0 Å². The van der Waals surface area contributed by atoms with E-state index >= 15 is 0 Å². The maximum atomic E-state index is 13.8. The smallest absolute Gasteiger partial charge is 0.420 e. The third-order valence-corrected chi connectivity index (χ3v) is 4.62. The van der Waals surface area contributed by atoms with Crippen LogP contribution in [0.15, 0.2) is 42.6 Å². The fourth-order valence-corrected chi connectivity index (χ4v) is 3.41. The standard InChI is InChI=1S/C19H15ClF3N5O/c1-9-11-5-3-4-6-12(11)29-8-7-24-18-27-15-10(2)25-16(20)14(19(21,22)23)13(15)17(26-9)28-18/h3-6,25H,1-2,7-8H2,(H2,24,26,27,28). The molecule has 1 aromatic carbocycles. The van der Waals surface area contributed by atoms with Gasteiger partial charge in [0.1, 0.15) is 34.6 Å². The Kier molecular flexibility index (Phi) is 4.62. The fourth-order valence-electron chi connectivity index (χ4n) is 3.09. The molecule has 150 valence electrons. The van der Waals surface area contributed by atoms with Crippen LogP contribution < -0.4 is 20.7 Å². The minimum Gasteiger partial charge on any atom is -0.491 e. The Morgan fingerprint density at radius 3 is 2.59 bits per heavy atom. The second-order valence-electron chi connectivity index (χ2n) is 6.28. The molecule has 29 heavy (non-hydrogen) atoms. The molecule has 4 rings (SSSR count). The molecule has 0 unspecified atom stereocenters. The summed E-state index contributed by atoms with van der Waals surface area (Å²) in [4.78, 5) is 8.43. The van der Waals surface area contributed by atoms with E-state index in [2.05, 4.69) is 39.1 Å². The number of benzene rings is 1. The average molecular weight is 422 g/mol. The van der Waals surface area contributed by atoms with E-state index in [1.165, 1.54) is 0 Å². The van der Waals surface area contributed by atoms with Crippen LogP contribution in [-0.4, -0.2) is 29.3 Å². The van der Waals surface area contributed by atoms with Gasteiger partial charge < -0.3 is 20.7 Å². The Labute approximate surface area is 169 Å². The van der Waals surface area contributed by atoms with E-state index < -0.39 is 16.9 Å². The van der Waals surface area contributed by atoms with Crippen molar-refractivity contribution in [2.75, 3.05) is 23.8 Å². The first-order valence-corrected chi connectivity index (χ1v) is 8.91. The number of hydrogen-bond acceptors (Lipinski definition) is 6. The molecule has 0 saturated heterocycles. The van der Waals surface area contributed by atoms with Gasteiger partial charge in [-0.05, 0) is 12.1 Å². The fraction of sp³-hybridized carbons (Fsp3) is 0.158. The van der Waals surface area contributed by atoms with Crippen LogP contribution in [-0.2, 0) is 0 Å². The highest BCUT2D eigenvalue weighted by molar-refractivity contribution is 6.34. The average Bonchev–Trinajstić information content (AvgIpc) is 2.66. The molecule has 6 nitrogen and oxygen atoms in total. The molecule has 0 saturated carbocycles. The molecule has 0 atom stereocenters. The number of allylic oxidation sites excluding steroid dienone is 1. The topological polar surface area (TPSA) is 71.1 Å². The molecule has 2 aromatic rings. The summed E-state index contributed by atoms with van der Waals surface area (Å²) in [7, 11) is 0. The van der Waals surface area contributed by atoms with Crippen LogP contribution in [0.25, 0.3) is 17.0 Å². The van der Waals surface area contributed by atoms with Crippen molar-refractivity contribution in [2.24, 2.45) is 0 Å². The van der Waals surface area contributed by atoms with Crippen LogP contribution in [0, 0.1) is 0 Å². The largest absolute Gasteiger partial charge is 0.491 e. The van der Waals surface area contributed by atoms with Crippen molar-refractivity contribution in [1.82, 2.24) is 15.3 Å². The van der Waals surface area contributed by atoms with Crippen molar-refractivity contribution in [2.45, 2.75) is 6.18 Å². The van der Waals surface area contributed by atoms with Crippen LogP contribution in [0.5, 0.6) is 5.75 Å². The van der Waals surface area contributed by atoms with E-state index in [1.807, 2.05) is 0 Å². The van der Waals surface area contributed by atoms with Gasteiger partial charge in [0.25, 0.3) is 0 Å². The first-order chi connectivity index (χ1) is 13.8. The number of alkyl halides is 3. The van der Waals surface area contributed by atoms with Gasteiger partial charge >= 0.3 is 6.18 Å². The van der Waals surface area contributed by atoms with Crippen molar-refractivity contribution in [3.05, 3.63) is 59.4 Å². The van der Waals surface area contributed by atoms with Crippen molar-refractivity contribution in [3.8, 4) is 5.75 Å². The molecule has 0 amide bonds. The number of ether oxygens (including phenoxy) is 1. The molecule has 2 bridgehead atoms. The second kappa shape index (κ2) is 7.00. The van der Waals surface area contributed by atoms with E-state index in [0.717, 1.165) is 0 Å². The maximum Gasteiger partial charge on any atom is 0.420 e. The summed E-state index contributed by atoms with van der Waals surface area (Å²) >= 11 is 5.90. The SMILES string of the molecule is C=C1Nc2nc(nc3c2C(C(F)(F)F)=C(Cl)NC3=C)NCCOc2ccccc21. The first-order valence-electron chi connectivity index (χ1n) is 8.53. The molecule has 0 aliphatic carbocycles. The normalized spacial score (nSPS) is 16.4. The molecule has 1 aromatic heterocycles. The van der Waals surface area contributed by atoms with Gasteiger partial charge in [0, 0.05) is 11.3 Å². The van der Waals surface area contributed by atoms with Gasteiger partial charge in [-0.25, -0.2) is 4.98 Å². The number of nitrogens with zero attached hydrogens (tertiary/aromatic N) is 2. The van der Waals surface area contributed by atoms with Crippen molar-refractivity contribution in [3.63, 3.8) is 0 Å². The van der Waals surface area contributed by atoms with Crippen LogP contribution in [0.3, 0.4) is 0 Å². The van der Waals surface area contributed by atoms with E-state index in [-0.39, 0.29) is 28.7 Å². The zero-order chi connectivity index (χ0) is 20.8. The Morgan fingerprint density at radius 2 is 1.83 bits per heavy atom. The zero-order valence-corrected chi connectivity index (χ0v) is 15.7. The minimum atomic E-state index is -4.75. The van der Waals surface area contributed by atoms with Gasteiger partial charge in [-0.3, -0.25) is 0 Å². The van der Waals surface area contributed by atoms with Gasteiger partial charge in [-0.15, -0.1) is 0 Å². The quantitative estimate of drug-likeness (QED) is 0.547. The summed E-state index contributed by atoms with van der Waals surface area (Å²) in [5.74, 6) is 0.572. The predicted octanol–water partition coefficient (Wildman–Crippen LogP) is 4.41. The molecule has 3 N–H and O–H groups in total. The lowest BCUT2D eigenvalue weighted by Crippen LogP contribution is -2.27. The Bertz CT molecular complexity index is 1060. The first kappa shape index (κ1) is 19.1. The Balaban J connectivity index is 1.93. The highest BCUT2D eigenvalue weighted by atomic mass is 35.5. The second-order valence-corrected chi connectivity index (χ2v) is 6.66. The molecule has 10 heteroatoms. The molecule has 0 fully saturated rings. The van der Waals surface area contributed by atoms with Crippen LogP contribution in [0.4, 0.5) is 24.9 Å². The molecular weight excluding hydrogens is 407 g/mol. The van der Waals surface area contributed by atoms with Crippen molar-refractivity contribution < 1.29 is 17.9 Å². The summed E-state index contributed by atoms with van der Waals surface area (Å²) in [5.41, 5.74) is -0.346. The monoisotopic (exact) mass is 421 g/mol. The summed E-state index contributed by atoms with van der Waals surface area (Å²) in [6.07, 6.45) is -4.75. The third-order valence-electron chi connectivity index (χ3n) is 4.33. The van der Waals surface area contributed by atoms with Crippen molar-refractivity contribution in [1.29, 1.82) is 0 Å². The summed E-state index contributed by atoms with van der Waals surface area (Å²) < 4.78 is 47.2. The Morgan fingerprint density at radius 1 is 1.07 bits per heavy atom. The third kappa shape index (κ3) is 3.49. The molecular formula is C19H15ClF3N5O. The highest BCUT2D eigenvalue weighted by Crippen LogP contribution is 2.45. The zero-order valence-electron chi connectivity index (χ0n) is 15.0. The molecule has 0 spiro atoms. The number of hydrogen-bond donors (Lipinski definition) is 3. The van der Waals surface area contributed by atoms with Gasteiger partial charge in [-0.2, -0.15) is 18.2 Å².